The zero-order chi connectivity index (χ0) is 25.1. The lowest BCUT2D eigenvalue weighted by Gasteiger charge is -2.29. The van der Waals surface area contributed by atoms with Crippen molar-refractivity contribution in [3.63, 3.8) is 0 Å². The molecule has 0 radical (unpaired) electrons. The van der Waals surface area contributed by atoms with Gasteiger partial charge in [0.1, 0.15) is 5.82 Å². The van der Waals surface area contributed by atoms with Gasteiger partial charge in [-0.25, -0.2) is 30.6 Å². The van der Waals surface area contributed by atoms with Crippen molar-refractivity contribution in [2.24, 2.45) is 0 Å². The van der Waals surface area contributed by atoms with Crippen molar-refractivity contribution in [1.29, 1.82) is 0 Å². The minimum absolute atomic E-state index is 0.342. The standard InChI is InChI=1S/C25H23FN4O4S2/c26-19-6-8-20(9-7-19)29-24-13-10-21(14-18(24)15-27-29)30-25(17-4-2-1-3-5-17)23(16-35(30,31)32)28-36(33,34)22-11-12-22/h1-10,13-15,22-23,25,28H,11-12,16H2/t23-,25+/m0/s1. The fourth-order valence-corrected chi connectivity index (χ4v) is 8.42. The summed E-state index contributed by atoms with van der Waals surface area (Å²) in [6.45, 7) is 0. The number of sulfonamides is 2. The van der Waals surface area contributed by atoms with E-state index in [4.69, 9.17) is 0 Å². The summed E-state index contributed by atoms with van der Waals surface area (Å²) in [7, 11) is -7.46. The second-order valence-electron chi connectivity index (χ2n) is 9.17. The number of hydrogen-bond acceptors (Lipinski definition) is 5. The zero-order valence-corrected chi connectivity index (χ0v) is 20.7. The molecule has 6 rings (SSSR count). The van der Waals surface area contributed by atoms with E-state index in [0.717, 1.165) is 5.52 Å². The van der Waals surface area contributed by atoms with Gasteiger partial charge >= 0.3 is 0 Å². The number of anilines is 1. The summed E-state index contributed by atoms with van der Waals surface area (Å²) in [5.41, 5.74) is 2.51. The Balaban J connectivity index is 1.43. The number of benzene rings is 3. The van der Waals surface area contributed by atoms with E-state index in [9.17, 15) is 21.2 Å². The van der Waals surface area contributed by atoms with E-state index in [1.54, 1.807) is 53.3 Å². The van der Waals surface area contributed by atoms with Crippen LogP contribution in [-0.4, -0.2) is 43.7 Å². The summed E-state index contributed by atoms with van der Waals surface area (Å²) in [4.78, 5) is 0. The number of nitrogens with one attached hydrogen (secondary N) is 1. The van der Waals surface area contributed by atoms with Gasteiger partial charge in [-0.1, -0.05) is 30.3 Å². The molecule has 4 aromatic rings. The molecule has 1 saturated heterocycles. The summed E-state index contributed by atoms with van der Waals surface area (Å²) in [5.74, 6) is -0.693. The molecule has 2 atom stereocenters. The van der Waals surface area contributed by atoms with Crippen molar-refractivity contribution in [2.75, 3.05) is 10.1 Å². The van der Waals surface area contributed by atoms with Gasteiger partial charge in [0.05, 0.1) is 46.2 Å². The highest BCUT2D eigenvalue weighted by Crippen LogP contribution is 2.41. The van der Waals surface area contributed by atoms with Crippen LogP contribution in [0.15, 0.2) is 79.0 Å². The number of hydrogen-bond donors (Lipinski definition) is 1. The molecule has 1 saturated carbocycles. The lowest BCUT2D eigenvalue weighted by atomic mass is 10.0. The van der Waals surface area contributed by atoms with E-state index in [-0.39, 0.29) is 11.6 Å². The van der Waals surface area contributed by atoms with Crippen molar-refractivity contribution in [2.45, 2.75) is 30.2 Å². The first-order valence-electron chi connectivity index (χ1n) is 11.5. The van der Waals surface area contributed by atoms with E-state index in [2.05, 4.69) is 9.82 Å². The van der Waals surface area contributed by atoms with Gasteiger partial charge in [0, 0.05) is 5.39 Å². The second-order valence-corrected chi connectivity index (χ2v) is 13.1. The number of rotatable bonds is 6. The van der Waals surface area contributed by atoms with E-state index >= 15 is 0 Å². The minimum atomic E-state index is -3.85. The van der Waals surface area contributed by atoms with Gasteiger partial charge in [-0.2, -0.15) is 5.10 Å². The maximum atomic E-state index is 13.5. The van der Waals surface area contributed by atoms with Crippen LogP contribution in [0.1, 0.15) is 24.4 Å². The van der Waals surface area contributed by atoms with Crippen LogP contribution in [0.4, 0.5) is 10.1 Å². The van der Waals surface area contributed by atoms with Crippen LogP contribution in [0.3, 0.4) is 0 Å². The van der Waals surface area contributed by atoms with Crippen molar-refractivity contribution < 1.29 is 21.2 Å². The van der Waals surface area contributed by atoms with Crippen molar-refractivity contribution in [3.05, 3.63) is 90.4 Å². The Morgan fingerprint density at radius 1 is 0.944 bits per heavy atom. The molecule has 3 aromatic carbocycles. The maximum Gasteiger partial charge on any atom is 0.237 e. The van der Waals surface area contributed by atoms with E-state index in [1.165, 1.54) is 16.4 Å². The van der Waals surface area contributed by atoms with Crippen LogP contribution in [0.2, 0.25) is 0 Å². The van der Waals surface area contributed by atoms with E-state index < -0.39 is 37.4 Å². The highest BCUT2D eigenvalue weighted by atomic mass is 32.2. The summed E-state index contributed by atoms with van der Waals surface area (Å²) in [6.07, 6.45) is 2.79. The Hall–Kier alpha value is -3.28. The van der Waals surface area contributed by atoms with Crippen molar-refractivity contribution in [3.8, 4) is 5.69 Å². The Kier molecular flexibility index (Phi) is 5.39. The third kappa shape index (κ3) is 4.06. The van der Waals surface area contributed by atoms with Crippen molar-refractivity contribution >= 4 is 36.6 Å². The number of halogens is 1. The Morgan fingerprint density at radius 3 is 2.33 bits per heavy atom. The minimum Gasteiger partial charge on any atom is -0.261 e. The molecule has 1 aromatic heterocycles. The Morgan fingerprint density at radius 2 is 1.64 bits per heavy atom. The number of fused-ring (bicyclic) bond motifs is 1. The average Bonchev–Trinajstić information content (AvgIpc) is 3.58. The molecule has 0 amide bonds. The fourth-order valence-electron chi connectivity index (χ4n) is 4.80. The molecule has 2 fully saturated rings. The smallest absolute Gasteiger partial charge is 0.237 e. The van der Waals surface area contributed by atoms with Crippen LogP contribution >= 0.6 is 0 Å². The molecule has 1 N–H and O–H groups in total. The van der Waals surface area contributed by atoms with Crippen molar-refractivity contribution in [1.82, 2.24) is 14.5 Å². The molecule has 36 heavy (non-hydrogen) atoms. The predicted octanol–water partition coefficient (Wildman–Crippen LogP) is 3.51. The van der Waals surface area contributed by atoms with Gasteiger partial charge in [0.15, 0.2) is 0 Å². The van der Waals surface area contributed by atoms with Gasteiger partial charge in [0.25, 0.3) is 0 Å². The molecular weight excluding hydrogens is 503 g/mol. The summed E-state index contributed by atoms with van der Waals surface area (Å²) in [6, 6.07) is 18.6. The first kappa shape index (κ1) is 23.1. The normalized spacial score (nSPS) is 21.8. The molecular formula is C25H23FN4O4S2. The van der Waals surface area contributed by atoms with Crippen LogP contribution < -0.4 is 9.03 Å². The van der Waals surface area contributed by atoms with Gasteiger partial charge < -0.3 is 0 Å². The summed E-state index contributed by atoms with van der Waals surface area (Å²) in [5, 5.41) is 4.64. The van der Waals surface area contributed by atoms with Gasteiger partial charge in [0.2, 0.25) is 20.0 Å². The lowest BCUT2D eigenvalue weighted by Crippen LogP contribution is -2.42. The van der Waals surface area contributed by atoms with Gasteiger partial charge in [-0.05, 0) is 60.9 Å². The molecule has 1 aliphatic heterocycles. The molecule has 0 unspecified atom stereocenters. The van der Waals surface area contributed by atoms with Crippen LogP contribution in [-0.2, 0) is 20.0 Å². The highest BCUT2D eigenvalue weighted by molar-refractivity contribution is 7.93. The number of aromatic nitrogens is 2. The first-order valence-corrected chi connectivity index (χ1v) is 14.7. The van der Waals surface area contributed by atoms with E-state index in [0.29, 0.717) is 35.2 Å². The summed E-state index contributed by atoms with van der Waals surface area (Å²) >= 11 is 0. The Bertz CT molecular complexity index is 1650. The van der Waals surface area contributed by atoms with Crippen LogP contribution in [0.25, 0.3) is 16.6 Å². The van der Waals surface area contributed by atoms with Crippen LogP contribution in [0, 0.1) is 5.82 Å². The molecule has 2 aliphatic rings. The monoisotopic (exact) mass is 526 g/mol. The predicted molar refractivity (Wildman–Crippen MR) is 135 cm³/mol. The largest absolute Gasteiger partial charge is 0.261 e. The number of nitrogens with zero attached hydrogens (tertiary/aromatic N) is 3. The molecule has 0 spiro atoms. The van der Waals surface area contributed by atoms with Crippen LogP contribution in [0.5, 0.6) is 0 Å². The van der Waals surface area contributed by atoms with E-state index in [1.807, 2.05) is 18.2 Å². The SMILES string of the molecule is O=S(=O)(N[C@H]1CS(=O)(=O)N(c2ccc3c(cnn3-c3ccc(F)cc3)c2)[C@@H]1c1ccccc1)C1CC1. The summed E-state index contributed by atoms with van der Waals surface area (Å²) < 4.78 is 71.4. The lowest BCUT2D eigenvalue weighted by molar-refractivity contribution is 0.535. The molecule has 11 heteroatoms. The van der Waals surface area contributed by atoms with Gasteiger partial charge in [-0.15, -0.1) is 0 Å². The third-order valence-electron chi connectivity index (χ3n) is 6.62. The second kappa shape index (κ2) is 8.39. The maximum absolute atomic E-state index is 13.5. The third-order valence-corrected chi connectivity index (χ3v) is 10.4. The molecule has 2 heterocycles. The van der Waals surface area contributed by atoms with Gasteiger partial charge in [-0.3, -0.25) is 4.31 Å². The zero-order valence-electron chi connectivity index (χ0n) is 19.0. The Labute approximate surface area is 208 Å². The fraction of sp³-hybridized carbons (Fsp3) is 0.240. The molecule has 1 aliphatic carbocycles. The molecule has 186 valence electrons. The first-order chi connectivity index (χ1) is 17.2. The topological polar surface area (TPSA) is 101 Å². The highest BCUT2D eigenvalue weighted by Gasteiger charge is 2.49. The quantitative estimate of drug-likeness (QED) is 0.414. The average molecular weight is 527 g/mol. The molecule has 8 nitrogen and oxygen atoms in total. The molecule has 0 bridgehead atoms.